The van der Waals surface area contributed by atoms with Crippen LogP contribution in [0.1, 0.15) is 22.3 Å². The average molecular weight is 292 g/mol. The predicted octanol–water partition coefficient (Wildman–Crippen LogP) is 1.66. The molecule has 1 saturated heterocycles. The zero-order valence-corrected chi connectivity index (χ0v) is 11.7. The summed E-state index contributed by atoms with van der Waals surface area (Å²) in [7, 11) is 0. The van der Waals surface area contributed by atoms with Crippen molar-refractivity contribution in [1.82, 2.24) is 10.3 Å². The lowest BCUT2D eigenvalue weighted by Gasteiger charge is -2.11. The molecule has 5 nitrogen and oxygen atoms in total. The third-order valence-corrected chi connectivity index (χ3v) is 4.31. The molecule has 1 fully saturated rings. The molecule has 1 unspecified atom stereocenters. The molecule has 0 bridgehead atoms. The molecule has 1 atom stereocenters. The predicted molar refractivity (Wildman–Crippen MR) is 78.7 cm³/mol. The highest BCUT2D eigenvalue weighted by Gasteiger charge is 2.17. The largest absolute Gasteiger partial charge is 0.478 e. The molecule has 1 aromatic heterocycles. The molecule has 0 aliphatic carbocycles. The number of nitrogens with one attached hydrogen (secondary N) is 1. The van der Waals surface area contributed by atoms with Crippen LogP contribution < -0.4 is 5.32 Å². The molecule has 0 saturated carbocycles. The molecule has 2 N–H and O–H groups in total. The second kappa shape index (κ2) is 7.09. The van der Waals surface area contributed by atoms with E-state index in [1.165, 1.54) is 18.5 Å². The first-order chi connectivity index (χ1) is 9.66. The number of rotatable bonds is 5. The van der Waals surface area contributed by atoms with E-state index in [-0.39, 0.29) is 5.91 Å². The number of aliphatic carboxylic acids is 1. The zero-order valence-electron chi connectivity index (χ0n) is 10.9. The number of thioether (sulfide) groups is 1. The number of carbonyl (C=O) groups is 2. The summed E-state index contributed by atoms with van der Waals surface area (Å²) in [6.07, 6.45) is 6.53. The van der Waals surface area contributed by atoms with Crippen LogP contribution in [0.3, 0.4) is 0 Å². The molecule has 1 amide bonds. The molecule has 1 aliphatic heterocycles. The number of pyridine rings is 1. The number of hydrogen-bond acceptors (Lipinski definition) is 4. The lowest BCUT2D eigenvalue weighted by molar-refractivity contribution is -0.131. The topological polar surface area (TPSA) is 79.3 Å². The number of carboxylic acid groups (broad SMARTS) is 1. The summed E-state index contributed by atoms with van der Waals surface area (Å²) in [6, 6.07) is 1.60. The fraction of sp³-hybridized carbons (Fsp3) is 0.357. The van der Waals surface area contributed by atoms with E-state index >= 15 is 0 Å². The van der Waals surface area contributed by atoms with Crippen molar-refractivity contribution in [1.29, 1.82) is 0 Å². The van der Waals surface area contributed by atoms with Gasteiger partial charge < -0.3 is 10.4 Å². The Bertz CT molecular complexity index is 525. The van der Waals surface area contributed by atoms with Gasteiger partial charge >= 0.3 is 5.97 Å². The summed E-state index contributed by atoms with van der Waals surface area (Å²) in [6.45, 7) is 0.663. The van der Waals surface area contributed by atoms with Crippen LogP contribution >= 0.6 is 11.8 Å². The molecule has 6 heteroatoms. The summed E-state index contributed by atoms with van der Waals surface area (Å²) >= 11 is 1.91. The van der Waals surface area contributed by atoms with Crippen molar-refractivity contribution in [2.45, 2.75) is 6.42 Å². The van der Waals surface area contributed by atoms with Crippen molar-refractivity contribution >= 4 is 29.7 Å². The third kappa shape index (κ3) is 4.09. The fourth-order valence-corrected chi connectivity index (χ4v) is 3.27. The molecule has 2 rings (SSSR count). The Balaban J connectivity index is 2.02. The summed E-state index contributed by atoms with van der Waals surface area (Å²) in [5.74, 6) is 1.53. The van der Waals surface area contributed by atoms with E-state index in [1.54, 1.807) is 6.07 Å². The molecule has 0 radical (unpaired) electrons. The first kappa shape index (κ1) is 14.6. The number of carboxylic acids is 1. The Hall–Kier alpha value is -1.82. The summed E-state index contributed by atoms with van der Waals surface area (Å²) in [4.78, 5) is 26.6. The van der Waals surface area contributed by atoms with Crippen LogP contribution in [-0.4, -0.2) is 40.0 Å². The molecule has 1 aromatic rings. The van der Waals surface area contributed by atoms with Gasteiger partial charge in [0.05, 0.1) is 0 Å². The molecular formula is C14H16N2O3S. The van der Waals surface area contributed by atoms with Gasteiger partial charge in [-0.2, -0.15) is 11.8 Å². The molecule has 0 aromatic carbocycles. The van der Waals surface area contributed by atoms with Crippen LogP contribution in [0.5, 0.6) is 0 Å². The number of hydrogen-bond donors (Lipinski definition) is 2. The van der Waals surface area contributed by atoms with Gasteiger partial charge in [-0.1, -0.05) is 0 Å². The fourth-order valence-electron chi connectivity index (χ4n) is 1.98. The number of carbonyl (C=O) groups excluding carboxylic acids is 1. The van der Waals surface area contributed by atoms with Gasteiger partial charge in [0.1, 0.15) is 0 Å². The van der Waals surface area contributed by atoms with Gasteiger partial charge in [0.2, 0.25) is 0 Å². The lowest BCUT2D eigenvalue weighted by Crippen LogP contribution is -2.29. The lowest BCUT2D eigenvalue weighted by atomic mass is 10.1. The van der Waals surface area contributed by atoms with Crippen LogP contribution in [0, 0.1) is 5.92 Å². The number of nitrogens with zero attached hydrogens (tertiary/aromatic N) is 1. The maximum absolute atomic E-state index is 12.1. The van der Waals surface area contributed by atoms with Gasteiger partial charge in [0.25, 0.3) is 5.91 Å². The van der Waals surface area contributed by atoms with Gasteiger partial charge in [-0.3, -0.25) is 9.78 Å². The van der Waals surface area contributed by atoms with Crippen molar-refractivity contribution in [2.75, 3.05) is 18.1 Å². The first-order valence-corrected chi connectivity index (χ1v) is 7.53. The van der Waals surface area contributed by atoms with Crippen molar-refractivity contribution in [2.24, 2.45) is 5.92 Å². The average Bonchev–Trinajstić information content (AvgIpc) is 2.96. The number of amides is 1. The van der Waals surface area contributed by atoms with Crippen LogP contribution in [0.2, 0.25) is 0 Å². The van der Waals surface area contributed by atoms with Crippen molar-refractivity contribution in [3.05, 3.63) is 35.7 Å². The third-order valence-electron chi connectivity index (χ3n) is 3.08. The quantitative estimate of drug-likeness (QED) is 0.807. The second-order valence-electron chi connectivity index (χ2n) is 4.57. The molecule has 106 valence electrons. The van der Waals surface area contributed by atoms with Crippen LogP contribution in [0.4, 0.5) is 0 Å². The molecular weight excluding hydrogens is 276 g/mol. The molecule has 2 heterocycles. The summed E-state index contributed by atoms with van der Waals surface area (Å²) in [5, 5.41) is 11.5. The van der Waals surface area contributed by atoms with Gasteiger partial charge in [-0.05, 0) is 36.0 Å². The highest BCUT2D eigenvalue weighted by molar-refractivity contribution is 7.99. The smallest absolute Gasteiger partial charge is 0.328 e. The van der Waals surface area contributed by atoms with Crippen LogP contribution in [-0.2, 0) is 4.79 Å². The highest BCUT2D eigenvalue weighted by Crippen LogP contribution is 2.22. The molecule has 1 aliphatic rings. The maximum atomic E-state index is 12.1. The van der Waals surface area contributed by atoms with E-state index in [0.29, 0.717) is 23.6 Å². The summed E-state index contributed by atoms with van der Waals surface area (Å²) in [5.41, 5.74) is 0.955. The van der Waals surface area contributed by atoms with E-state index in [9.17, 15) is 9.59 Å². The van der Waals surface area contributed by atoms with Crippen molar-refractivity contribution in [3.8, 4) is 0 Å². The molecule has 0 spiro atoms. The Morgan fingerprint density at radius 2 is 2.40 bits per heavy atom. The van der Waals surface area contributed by atoms with E-state index in [4.69, 9.17) is 5.11 Å². The Morgan fingerprint density at radius 1 is 1.55 bits per heavy atom. The minimum absolute atomic E-state index is 0.186. The zero-order chi connectivity index (χ0) is 14.4. The first-order valence-electron chi connectivity index (χ1n) is 6.38. The van der Waals surface area contributed by atoms with Gasteiger partial charge in [0, 0.05) is 36.1 Å². The Kier molecular flexibility index (Phi) is 5.17. The van der Waals surface area contributed by atoms with E-state index in [2.05, 4.69) is 10.3 Å². The second-order valence-corrected chi connectivity index (χ2v) is 5.72. The SMILES string of the molecule is O=C(O)/C=C/c1cnccc1C(=O)NCC1CCSC1. The van der Waals surface area contributed by atoms with E-state index in [0.717, 1.165) is 24.0 Å². The standard InChI is InChI=1S/C14H16N2O3S/c17-13(18)2-1-11-8-15-5-3-12(11)14(19)16-7-10-4-6-20-9-10/h1-3,5,8,10H,4,6-7,9H2,(H,16,19)(H,17,18)/b2-1+. The molecule has 20 heavy (non-hydrogen) atoms. The van der Waals surface area contributed by atoms with Crippen LogP contribution in [0.15, 0.2) is 24.5 Å². The normalized spacial score (nSPS) is 18.3. The van der Waals surface area contributed by atoms with E-state index in [1.807, 2.05) is 11.8 Å². The van der Waals surface area contributed by atoms with Crippen molar-refractivity contribution < 1.29 is 14.7 Å². The highest BCUT2D eigenvalue weighted by atomic mass is 32.2. The monoisotopic (exact) mass is 292 g/mol. The van der Waals surface area contributed by atoms with Gasteiger partial charge in [0.15, 0.2) is 0 Å². The van der Waals surface area contributed by atoms with E-state index < -0.39 is 5.97 Å². The van der Waals surface area contributed by atoms with Crippen molar-refractivity contribution in [3.63, 3.8) is 0 Å². The minimum Gasteiger partial charge on any atom is -0.478 e. The van der Waals surface area contributed by atoms with Gasteiger partial charge in [-0.15, -0.1) is 0 Å². The summed E-state index contributed by atoms with van der Waals surface area (Å²) < 4.78 is 0. The Morgan fingerprint density at radius 3 is 3.10 bits per heavy atom. The maximum Gasteiger partial charge on any atom is 0.328 e. The Labute approximate surface area is 121 Å². The minimum atomic E-state index is -1.05. The van der Waals surface area contributed by atoms with Crippen LogP contribution in [0.25, 0.3) is 6.08 Å². The number of aromatic nitrogens is 1. The van der Waals surface area contributed by atoms with Gasteiger partial charge in [-0.25, -0.2) is 4.79 Å².